The number of carbonyl (C=O) groups is 1. The number of rotatable bonds is 10. The number of nitrogens with one attached hydrogen (secondary N) is 2. The molecule has 0 spiro atoms. The highest BCUT2D eigenvalue weighted by Crippen LogP contribution is 2.16. The third-order valence-corrected chi connectivity index (χ3v) is 3.91. The predicted octanol–water partition coefficient (Wildman–Crippen LogP) is 4.04. The fourth-order valence-electron chi connectivity index (χ4n) is 2.31. The Balaban J connectivity index is 1.65. The molecule has 25 heavy (non-hydrogen) atoms. The van der Waals surface area contributed by atoms with Crippen molar-refractivity contribution in [2.45, 2.75) is 26.4 Å². The molecule has 0 saturated carbocycles. The number of carbonyl (C=O) groups excluding carboxylic acids is 1. The van der Waals surface area contributed by atoms with Gasteiger partial charge in [0.05, 0.1) is 0 Å². The zero-order valence-electron chi connectivity index (χ0n) is 14.8. The first-order chi connectivity index (χ1) is 12.2. The van der Waals surface area contributed by atoms with E-state index in [4.69, 9.17) is 4.74 Å². The van der Waals surface area contributed by atoms with Gasteiger partial charge in [0.15, 0.2) is 0 Å². The van der Waals surface area contributed by atoms with E-state index in [-0.39, 0.29) is 5.91 Å². The van der Waals surface area contributed by atoms with Crippen molar-refractivity contribution in [2.24, 2.45) is 5.92 Å². The molecule has 0 aliphatic rings. The van der Waals surface area contributed by atoms with Crippen molar-refractivity contribution in [3.8, 4) is 5.75 Å². The van der Waals surface area contributed by atoms with Crippen LogP contribution in [0.1, 0.15) is 25.3 Å². The lowest BCUT2D eigenvalue weighted by Crippen LogP contribution is -2.29. The Bertz CT molecular complexity index is 626. The van der Waals surface area contributed by atoms with Crippen LogP contribution in [-0.4, -0.2) is 19.0 Å². The van der Waals surface area contributed by atoms with E-state index >= 15 is 0 Å². The quantitative estimate of drug-likeness (QED) is 0.642. The van der Waals surface area contributed by atoms with Crippen molar-refractivity contribution in [1.29, 1.82) is 0 Å². The maximum Gasteiger partial charge on any atom is 0.220 e. The third-order valence-electron chi connectivity index (χ3n) is 3.91. The van der Waals surface area contributed by atoms with Crippen LogP contribution >= 0.6 is 0 Å². The fourth-order valence-corrected chi connectivity index (χ4v) is 2.31. The fraction of sp³-hybridized carbons (Fsp3) is 0.333. The number of ether oxygens (including phenoxy) is 1. The molecule has 1 radical (unpaired) electrons. The standard InChI is InChI=1S/C21H27N2O2/c1-3-17(2)15-21(24)23-14-13-22-19-9-11-20(12-10-19)25-16-18-7-5-4-6-8-18/h4-12,17,22H,1,3,13-16H2,2H3,(H,23,24)/t17-/m0/s1. The van der Waals surface area contributed by atoms with Gasteiger partial charge in [-0.1, -0.05) is 50.6 Å². The molecule has 1 atom stereocenters. The molecule has 2 aromatic carbocycles. The second kappa shape index (κ2) is 10.4. The summed E-state index contributed by atoms with van der Waals surface area (Å²) in [5.41, 5.74) is 2.15. The Morgan fingerprint density at radius 2 is 1.80 bits per heavy atom. The van der Waals surface area contributed by atoms with Crippen molar-refractivity contribution in [1.82, 2.24) is 5.32 Å². The van der Waals surface area contributed by atoms with Crippen molar-refractivity contribution in [2.75, 3.05) is 18.4 Å². The van der Waals surface area contributed by atoms with Gasteiger partial charge < -0.3 is 15.4 Å². The van der Waals surface area contributed by atoms with Gasteiger partial charge in [-0.2, -0.15) is 0 Å². The average Bonchev–Trinajstić information content (AvgIpc) is 2.65. The number of amides is 1. The second-order valence-electron chi connectivity index (χ2n) is 6.17. The number of hydrogen-bond donors (Lipinski definition) is 2. The van der Waals surface area contributed by atoms with Crippen LogP contribution in [0, 0.1) is 12.8 Å². The lowest BCUT2D eigenvalue weighted by atomic mass is 10.1. The Labute approximate surface area is 150 Å². The lowest BCUT2D eigenvalue weighted by Gasteiger charge is -2.11. The zero-order valence-corrected chi connectivity index (χ0v) is 14.8. The van der Waals surface area contributed by atoms with Gasteiger partial charge in [-0.15, -0.1) is 0 Å². The summed E-state index contributed by atoms with van der Waals surface area (Å²) in [6.45, 7) is 7.70. The van der Waals surface area contributed by atoms with Crippen LogP contribution in [0.4, 0.5) is 5.69 Å². The summed E-state index contributed by atoms with van der Waals surface area (Å²) >= 11 is 0. The smallest absolute Gasteiger partial charge is 0.220 e. The molecule has 2 N–H and O–H groups in total. The normalized spacial score (nSPS) is 11.6. The summed E-state index contributed by atoms with van der Waals surface area (Å²) < 4.78 is 5.76. The summed E-state index contributed by atoms with van der Waals surface area (Å²) in [5.74, 6) is 1.25. The molecule has 0 unspecified atom stereocenters. The molecule has 2 aromatic rings. The van der Waals surface area contributed by atoms with Crippen LogP contribution in [-0.2, 0) is 11.4 Å². The monoisotopic (exact) mass is 339 g/mol. The molecule has 1 amide bonds. The van der Waals surface area contributed by atoms with E-state index in [1.165, 1.54) is 0 Å². The summed E-state index contributed by atoms with van der Waals surface area (Å²) in [7, 11) is 0. The van der Waals surface area contributed by atoms with Crippen molar-refractivity contribution in [3.05, 3.63) is 67.1 Å². The molecule has 0 aromatic heterocycles. The molecule has 0 fully saturated rings. The highest BCUT2D eigenvalue weighted by molar-refractivity contribution is 5.76. The van der Waals surface area contributed by atoms with Crippen LogP contribution in [0.3, 0.4) is 0 Å². The zero-order chi connectivity index (χ0) is 17.9. The summed E-state index contributed by atoms with van der Waals surface area (Å²) in [4.78, 5) is 11.7. The van der Waals surface area contributed by atoms with E-state index in [0.717, 1.165) is 23.4 Å². The van der Waals surface area contributed by atoms with Crippen LogP contribution in [0.25, 0.3) is 0 Å². The van der Waals surface area contributed by atoms with Crippen LogP contribution in [0.15, 0.2) is 54.6 Å². The Hall–Kier alpha value is -2.49. The molecular formula is C21H27N2O2. The molecular weight excluding hydrogens is 312 g/mol. The average molecular weight is 339 g/mol. The van der Waals surface area contributed by atoms with Crippen molar-refractivity contribution in [3.63, 3.8) is 0 Å². The van der Waals surface area contributed by atoms with E-state index < -0.39 is 0 Å². The minimum atomic E-state index is 0.0857. The number of benzene rings is 2. The van der Waals surface area contributed by atoms with Gasteiger partial charge >= 0.3 is 0 Å². The Kier molecular flexibility index (Phi) is 7.83. The Morgan fingerprint density at radius 3 is 2.48 bits per heavy atom. The molecule has 0 aliphatic heterocycles. The SMILES string of the molecule is [CH2]C[C@H](C)CC(=O)NCCNc1ccc(OCc2ccccc2)cc1. The van der Waals surface area contributed by atoms with Crippen LogP contribution < -0.4 is 15.4 Å². The van der Waals surface area contributed by atoms with Crippen molar-refractivity contribution >= 4 is 11.6 Å². The molecule has 2 rings (SSSR count). The second-order valence-corrected chi connectivity index (χ2v) is 6.17. The highest BCUT2D eigenvalue weighted by Gasteiger charge is 2.06. The first kappa shape index (κ1) is 18.8. The molecule has 4 nitrogen and oxygen atoms in total. The minimum absolute atomic E-state index is 0.0857. The molecule has 133 valence electrons. The van der Waals surface area contributed by atoms with Gasteiger partial charge in [0.25, 0.3) is 0 Å². The van der Waals surface area contributed by atoms with Gasteiger partial charge in [0.2, 0.25) is 5.91 Å². The van der Waals surface area contributed by atoms with Crippen LogP contribution in [0.5, 0.6) is 5.75 Å². The van der Waals surface area contributed by atoms with Gasteiger partial charge in [0, 0.05) is 25.2 Å². The summed E-state index contributed by atoms with van der Waals surface area (Å²) in [6, 6.07) is 17.9. The summed E-state index contributed by atoms with van der Waals surface area (Å²) in [6.07, 6.45) is 1.32. The minimum Gasteiger partial charge on any atom is -0.489 e. The molecule has 0 bridgehead atoms. The molecule has 0 aliphatic carbocycles. The molecule has 0 heterocycles. The van der Waals surface area contributed by atoms with Gasteiger partial charge in [-0.25, -0.2) is 0 Å². The maximum absolute atomic E-state index is 11.7. The molecule has 4 heteroatoms. The van der Waals surface area contributed by atoms with E-state index in [1.807, 2.05) is 61.5 Å². The van der Waals surface area contributed by atoms with Crippen molar-refractivity contribution < 1.29 is 9.53 Å². The van der Waals surface area contributed by atoms with E-state index in [0.29, 0.717) is 32.0 Å². The number of anilines is 1. The first-order valence-electron chi connectivity index (χ1n) is 8.74. The van der Waals surface area contributed by atoms with E-state index in [2.05, 4.69) is 17.6 Å². The number of hydrogen-bond acceptors (Lipinski definition) is 3. The van der Waals surface area contributed by atoms with Gasteiger partial charge in [-0.3, -0.25) is 4.79 Å². The summed E-state index contributed by atoms with van der Waals surface area (Å²) in [5, 5.41) is 6.20. The highest BCUT2D eigenvalue weighted by atomic mass is 16.5. The maximum atomic E-state index is 11.7. The van der Waals surface area contributed by atoms with Crippen LogP contribution in [0.2, 0.25) is 0 Å². The predicted molar refractivity (Wildman–Crippen MR) is 102 cm³/mol. The topological polar surface area (TPSA) is 50.4 Å². The lowest BCUT2D eigenvalue weighted by molar-refractivity contribution is -0.121. The Morgan fingerprint density at radius 1 is 1.08 bits per heavy atom. The third kappa shape index (κ3) is 7.29. The first-order valence-corrected chi connectivity index (χ1v) is 8.74. The largest absolute Gasteiger partial charge is 0.489 e. The van der Waals surface area contributed by atoms with E-state index in [9.17, 15) is 4.79 Å². The molecule has 0 saturated heterocycles. The van der Waals surface area contributed by atoms with Gasteiger partial charge in [-0.05, 0) is 35.7 Å². The van der Waals surface area contributed by atoms with E-state index in [1.54, 1.807) is 0 Å². The van der Waals surface area contributed by atoms with Gasteiger partial charge in [0.1, 0.15) is 12.4 Å².